The van der Waals surface area contributed by atoms with Crippen LogP contribution in [0.3, 0.4) is 0 Å². The van der Waals surface area contributed by atoms with Crippen LogP contribution in [-0.4, -0.2) is 17.7 Å². The molecule has 110 valence electrons. The van der Waals surface area contributed by atoms with Crippen molar-refractivity contribution in [3.63, 3.8) is 0 Å². The van der Waals surface area contributed by atoms with Crippen molar-refractivity contribution in [1.29, 1.82) is 0 Å². The van der Waals surface area contributed by atoms with Gasteiger partial charge in [-0.05, 0) is 37.2 Å². The molecule has 2 rings (SSSR count). The molecule has 1 atom stereocenters. The van der Waals surface area contributed by atoms with Gasteiger partial charge in [-0.3, -0.25) is 9.69 Å². The number of nitrogens with zero attached hydrogens (tertiary/aromatic N) is 1. The zero-order valence-electron chi connectivity index (χ0n) is 12.4. The minimum absolute atomic E-state index is 0.0430. The van der Waals surface area contributed by atoms with Crippen LogP contribution in [-0.2, 0) is 11.3 Å². The second-order valence-corrected chi connectivity index (χ2v) is 5.81. The van der Waals surface area contributed by atoms with Gasteiger partial charge in [0.1, 0.15) is 5.78 Å². The Morgan fingerprint density at radius 2 is 1.86 bits per heavy atom. The lowest BCUT2D eigenvalue weighted by Crippen LogP contribution is -2.26. The van der Waals surface area contributed by atoms with Crippen LogP contribution in [0.15, 0.2) is 54.6 Å². The van der Waals surface area contributed by atoms with E-state index in [1.165, 1.54) is 5.56 Å². The summed E-state index contributed by atoms with van der Waals surface area (Å²) < 4.78 is 0. The molecule has 0 aliphatic heterocycles. The first kappa shape index (κ1) is 15.7. The molecule has 2 nitrogen and oxygen atoms in total. The third-order valence-electron chi connectivity index (χ3n) is 3.52. The summed E-state index contributed by atoms with van der Waals surface area (Å²) in [5, 5.41) is 0.703. The number of carbonyl (C=O) groups excluding carboxylic acids is 1. The van der Waals surface area contributed by atoms with Crippen molar-refractivity contribution in [3.05, 3.63) is 70.7 Å². The van der Waals surface area contributed by atoms with Crippen LogP contribution >= 0.6 is 11.6 Å². The van der Waals surface area contributed by atoms with Crippen LogP contribution in [0.1, 0.15) is 30.5 Å². The third-order valence-corrected chi connectivity index (χ3v) is 3.76. The molecule has 3 heteroatoms. The fourth-order valence-corrected chi connectivity index (χ4v) is 2.69. The number of rotatable bonds is 6. The lowest BCUT2D eigenvalue weighted by atomic mass is 10.00. The summed E-state index contributed by atoms with van der Waals surface area (Å²) in [6.07, 6.45) is 0.490. The molecule has 0 radical (unpaired) electrons. The van der Waals surface area contributed by atoms with Gasteiger partial charge < -0.3 is 0 Å². The van der Waals surface area contributed by atoms with E-state index in [4.69, 9.17) is 11.6 Å². The van der Waals surface area contributed by atoms with Crippen molar-refractivity contribution < 1.29 is 4.79 Å². The molecule has 0 spiro atoms. The lowest BCUT2D eigenvalue weighted by molar-refractivity contribution is -0.118. The highest BCUT2D eigenvalue weighted by Crippen LogP contribution is 2.27. The number of hydrogen-bond donors (Lipinski definition) is 0. The fraction of sp³-hybridized carbons (Fsp3) is 0.278. The van der Waals surface area contributed by atoms with Crippen LogP contribution in [0.25, 0.3) is 0 Å². The number of ketones is 1. The second-order valence-electron chi connectivity index (χ2n) is 5.38. The fourth-order valence-electron chi connectivity index (χ4n) is 2.50. The Balaban J connectivity index is 2.21. The number of Topliss-reactive ketones (excluding diaryl/α,β-unsaturated/α-hetero) is 1. The standard InChI is InChI=1S/C18H20ClNO/c1-14(21)11-18(16-9-6-10-17(19)12-16)20(2)13-15-7-4-3-5-8-15/h3-10,12,18H,11,13H2,1-2H3. The van der Waals surface area contributed by atoms with Crippen molar-refractivity contribution >= 4 is 17.4 Å². The zero-order chi connectivity index (χ0) is 15.2. The predicted molar refractivity (Wildman–Crippen MR) is 87.4 cm³/mol. The molecule has 0 amide bonds. The smallest absolute Gasteiger partial charge is 0.131 e. The van der Waals surface area contributed by atoms with Crippen LogP contribution in [0.2, 0.25) is 5.02 Å². The monoisotopic (exact) mass is 301 g/mol. The first-order valence-electron chi connectivity index (χ1n) is 7.05. The Bertz CT molecular complexity index is 597. The summed E-state index contributed by atoms with van der Waals surface area (Å²) in [7, 11) is 2.04. The molecular formula is C18H20ClNO. The van der Waals surface area contributed by atoms with Crippen LogP contribution in [0.4, 0.5) is 0 Å². The molecule has 0 bridgehead atoms. The van der Waals surface area contributed by atoms with E-state index in [0.717, 1.165) is 12.1 Å². The maximum atomic E-state index is 11.6. The van der Waals surface area contributed by atoms with Gasteiger partial charge in [0.15, 0.2) is 0 Å². The van der Waals surface area contributed by atoms with Crippen molar-refractivity contribution in [3.8, 4) is 0 Å². The molecule has 0 N–H and O–H groups in total. The number of halogens is 1. The molecule has 0 aromatic heterocycles. The molecule has 1 unspecified atom stereocenters. The largest absolute Gasteiger partial charge is 0.300 e. The van der Waals surface area contributed by atoms with Crippen molar-refractivity contribution in [1.82, 2.24) is 4.90 Å². The van der Waals surface area contributed by atoms with E-state index >= 15 is 0 Å². The first-order chi connectivity index (χ1) is 10.1. The Kier molecular flexibility index (Phi) is 5.54. The van der Waals surface area contributed by atoms with E-state index in [2.05, 4.69) is 17.0 Å². The summed E-state index contributed by atoms with van der Waals surface area (Å²) in [5.74, 6) is 0.180. The average Bonchev–Trinajstić information content (AvgIpc) is 2.45. The molecule has 0 fully saturated rings. The topological polar surface area (TPSA) is 20.3 Å². The molecule has 0 aliphatic rings. The molecule has 2 aromatic rings. The van der Waals surface area contributed by atoms with Gasteiger partial charge in [-0.25, -0.2) is 0 Å². The van der Waals surface area contributed by atoms with E-state index in [1.54, 1.807) is 6.92 Å². The van der Waals surface area contributed by atoms with Crippen molar-refractivity contribution in [2.45, 2.75) is 25.9 Å². The summed E-state index contributed by atoms with van der Waals surface area (Å²) >= 11 is 6.09. The molecule has 0 aliphatic carbocycles. The SMILES string of the molecule is CC(=O)CC(c1cccc(Cl)c1)N(C)Cc1ccccc1. The Hall–Kier alpha value is -1.64. The van der Waals surface area contributed by atoms with E-state index in [-0.39, 0.29) is 11.8 Å². The zero-order valence-corrected chi connectivity index (χ0v) is 13.2. The maximum Gasteiger partial charge on any atom is 0.131 e. The van der Waals surface area contributed by atoms with E-state index in [9.17, 15) is 4.79 Å². The van der Waals surface area contributed by atoms with Crippen LogP contribution in [0.5, 0.6) is 0 Å². The maximum absolute atomic E-state index is 11.6. The highest BCUT2D eigenvalue weighted by molar-refractivity contribution is 6.30. The lowest BCUT2D eigenvalue weighted by Gasteiger charge is -2.28. The van der Waals surface area contributed by atoms with Gasteiger partial charge in [-0.2, -0.15) is 0 Å². The molecular weight excluding hydrogens is 282 g/mol. The van der Waals surface area contributed by atoms with Crippen molar-refractivity contribution in [2.24, 2.45) is 0 Å². The van der Waals surface area contributed by atoms with Gasteiger partial charge in [0.05, 0.1) is 0 Å². The van der Waals surface area contributed by atoms with Gasteiger partial charge in [0.25, 0.3) is 0 Å². The van der Waals surface area contributed by atoms with E-state index < -0.39 is 0 Å². The summed E-state index contributed by atoms with van der Waals surface area (Å²) in [6, 6.07) is 18.1. The number of hydrogen-bond acceptors (Lipinski definition) is 2. The van der Waals surface area contributed by atoms with Gasteiger partial charge in [-0.15, -0.1) is 0 Å². The average molecular weight is 302 g/mol. The Morgan fingerprint density at radius 3 is 2.48 bits per heavy atom. The van der Waals surface area contributed by atoms with Gasteiger partial charge in [-0.1, -0.05) is 54.1 Å². The number of benzene rings is 2. The molecule has 0 saturated heterocycles. The third kappa shape index (κ3) is 4.69. The number of carbonyl (C=O) groups is 1. The van der Waals surface area contributed by atoms with Crippen molar-refractivity contribution in [2.75, 3.05) is 7.05 Å². The molecule has 2 aromatic carbocycles. The van der Waals surface area contributed by atoms with Gasteiger partial charge in [0, 0.05) is 24.0 Å². The summed E-state index contributed by atoms with van der Waals surface area (Å²) in [6.45, 7) is 2.43. The highest BCUT2D eigenvalue weighted by atomic mass is 35.5. The van der Waals surface area contributed by atoms with Crippen LogP contribution in [0, 0.1) is 0 Å². The molecule has 0 saturated carbocycles. The highest BCUT2D eigenvalue weighted by Gasteiger charge is 2.19. The Labute approximate surface area is 131 Å². The summed E-state index contributed by atoms with van der Waals surface area (Å²) in [5.41, 5.74) is 2.31. The van der Waals surface area contributed by atoms with Gasteiger partial charge >= 0.3 is 0 Å². The summed E-state index contributed by atoms with van der Waals surface area (Å²) in [4.78, 5) is 13.8. The minimum atomic E-state index is 0.0430. The minimum Gasteiger partial charge on any atom is -0.300 e. The molecule has 21 heavy (non-hydrogen) atoms. The van der Waals surface area contributed by atoms with Crippen LogP contribution < -0.4 is 0 Å². The molecule has 0 heterocycles. The van der Waals surface area contributed by atoms with E-state index in [1.807, 2.05) is 49.5 Å². The van der Waals surface area contributed by atoms with Gasteiger partial charge in [0.2, 0.25) is 0 Å². The quantitative estimate of drug-likeness (QED) is 0.783. The first-order valence-corrected chi connectivity index (χ1v) is 7.43. The second kappa shape index (κ2) is 7.39. The normalized spacial score (nSPS) is 12.4. The Morgan fingerprint density at radius 1 is 1.14 bits per heavy atom. The van der Waals surface area contributed by atoms with E-state index in [0.29, 0.717) is 11.4 Å². The predicted octanol–water partition coefficient (Wildman–Crippen LogP) is 4.49.